The topological polar surface area (TPSA) is 49.4 Å². The molecule has 2 amide bonds. The molecule has 1 N–H and O–H groups in total. The Morgan fingerprint density at radius 3 is 2.86 bits per heavy atom. The summed E-state index contributed by atoms with van der Waals surface area (Å²) in [7, 11) is 0. The average Bonchev–Trinajstić information content (AvgIpc) is 2.81. The van der Waals surface area contributed by atoms with Gasteiger partial charge in [-0.1, -0.05) is 31.5 Å². The maximum absolute atomic E-state index is 12.5. The van der Waals surface area contributed by atoms with Gasteiger partial charge in [0.2, 0.25) is 11.8 Å². The third-order valence-corrected chi connectivity index (χ3v) is 4.15. The van der Waals surface area contributed by atoms with Crippen LogP contribution in [0.4, 0.5) is 5.69 Å². The maximum Gasteiger partial charge on any atom is 0.239 e. The highest BCUT2D eigenvalue weighted by atomic mass is 35.5. The molecule has 1 aromatic rings. The van der Waals surface area contributed by atoms with Gasteiger partial charge in [-0.15, -0.1) is 0 Å². The Kier molecular flexibility index (Phi) is 4.88. The van der Waals surface area contributed by atoms with E-state index in [9.17, 15) is 9.59 Å². The SMILES string of the molecule is Cc1c(Cl)cccc1N1CCC(C(=O)NCC(C)C)C1=O. The molecule has 5 heteroatoms. The predicted molar refractivity (Wildman–Crippen MR) is 84.5 cm³/mol. The number of hydrogen-bond donors (Lipinski definition) is 1. The van der Waals surface area contributed by atoms with E-state index in [-0.39, 0.29) is 11.8 Å². The highest BCUT2D eigenvalue weighted by molar-refractivity contribution is 6.31. The molecule has 21 heavy (non-hydrogen) atoms. The molecule has 0 aliphatic carbocycles. The van der Waals surface area contributed by atoms with Crippen LogP contribution in [0, 0.1) is 18.8 Å². The van der Waals surface area contributed by atoms with E-state index in [0.717, 1.165) is 11.3 Å². The van der Waals surface area contributed by atoms with Gasteiger partial charge < -0.3 is 10.2 Å². The van der Waals surface area contributed by atoms with Crippen molar-refractivity contribution in [2.45, 2.75) is 27.2 Å². The number of carbonyl (C=O) groups is 2. The minimum Gasteiger partial charge on any atom is -0.355 e. The number of benzene rings is 1. The van der Waals surface area contributed by atoms with Crippen molar-refractivity contribution in [1.82, 2.24) is 5.32 Å². The smallest absolute Gasteiger partial charge is 0.239 e. The molecular formula is C16H21ClN2O2. The standard InChI is InChI=1S/C16H21ClN2O2/c1-10(2)9-18-15(20)12-7-8-19(16(12)21)14-6-4-5-13(17)11(14)3/h4-6,10,12H,7-9H2,1-3H3,(H,18,20). The third kappa shape index (κ3) is 3.38. The largest absolute Gasteiger partial charge is 0.355 e. The van der Waals surface area contributed by atoms with Crippen molar-refractivity contribution in [3.05, 3.63) is 28.8 Å². The van der Waals surface area contributed by atoms with Crippen molar-refractivity contribution in [3.63, 3.8) is 0 Å². The first-order valence-electron chi connectivity index (χ1n) is 7.26. The van der Waals surface area contributed by atoms with Crippen LogP contribution < -0.4 is 10.2 Å². The lowest BCUT2D eigenvalue weighted by molar-refractivity contribution is -0.132. The summed E-state index contributed by atoms with van der Waals surface area (Å²) in [5, 5.41) is 3.47. The summed E-state index contributed by atoms with van der Waals surface area (Å²) in [5.74, 6) is -0.517. The van der Waals surface area contributed by atoms with E-state index in [0.29, 0.717) is 30.5 Å². The minimum absolute atomic E-state index is 0.137. The Morgan fingerprint density at radius 2 is 2.19 bits per heavy atom. The summed E-state index contributed by atoms with van der Waals surface area (Å²) >= 11 is 6.11. The van der Waals surface area contributed by atoms with Crippen molar-refractivity contribution in [3.8, 4) is 0 Å². The van der Waals surface area contributed by atoms with E-state index in [1.54, 1.807) is 11.0 Å². The lowest BCUT2D eigenvalue weighted by Crippen LogP contribution is -2.38. The van der Waals surface area contributed by atoms with Gasteiger partial charge in [-0.25, -0.2) is 0 Å². The quantitative estimate of drug-likeness (QED) is 0.870. The second kappa shape index (κ2) is 6.48. The fourth-order valence-corrected chi connectivity index (χ4v) is 2.65. The number of nitrogens with zero attached hydrogens (tertiary/aromatic N) is 1. The molecule has 2 rings (SSSR count). The Balaban J connectivity index is 2.11. The van der Waals surface area contributed by atoms with Crippen LogP contribution in [-0.2, 0) is 9.59 Å². The number of halogens is 1. The lowest BCUT2D eigenvalue weighted by Gasteiger charge is -2.19. The van der Waals surface area contributed by atoms with Crippen LogP contribution in [0.25, 0.3) is 0 Å². The van der Waals surface area contributed by atoms with Gasteiger partial charge in [0.05, 0.1) is 0 Å². The van der Waals surface area contributed by atoms with E-state index in [1.807, 2.05) is 32.9 Å². The van der Waals surface area contributed by atoms with Crippen LogP contribution in [0.2, 0.25) is 5.02 Å². The van der Waals surface area contributed by atoms with Gasteiger partial charge in [-0.3, -0.25) is 9.59 Å². The zero-order valence-corrected chi connectivity index (χ0v) is 13.4. The summed E-state index contributed by atoms with van der Waals surface area (Å²) in [6.45, 7) is 7.09. The average molecular weight is 309 g/mol. The maximum atomic E-state index is 12.5. The fraction of sp³-hybridized carbons (Fsp3) is 0.500. The number of nitrogens with one attached hydrogen (secondary N) is 1. The van der Waals surface area contributed by atoms with Crippen molar-refractivity contribution >= 4 is 29.1 Å². The molecule has 1 aliphatic rings. The van der Waals surface area contributed by atoms with E-state index in [1.165, 1.54) is 0 Å². The first kappa shape index (κ1) is 15.8. The van der Waals surface area contributed by atoms with Crippen molar-refractivity contribution in [1.29, 1.82) is 0 Å². The molecule has 1 aliphatic heterocycles. The summed E-state index contributed by atoms with van der Waals surface area (Å²) in [6.07, 6.45) is 0.550. The van der Waals surface area contributed by atoms with Crippen LogP contribution in [0.5, 0.6) is 0 Å². The second-order valence-electron chi connectivity index (χ2n) is 5.85. The highest BCUT2D eigenvalue weighted by Gasteiger charge is 2.38. The first-order chi connectivity index (χ1) is 9.91. The van der Waals surface area contributed by atoms with Gasteiger partial charge >= 0.3 is 0 Å². The van der Waals surface area contributed by atoms with Crippen LogP contribution >= 0.6 is 11.6 Å². The normalized spacial score (nSPS) is 18.4. The van der Waals surface area contributed by atoms with E-state index in [4.69, 9.17) is 11.6 Å². The van der Waals surface area contributed by atoms with E-state index >= 15 is 0 Å². The van der Waals surface area contributed by atoms with Crippen molar-refractivity contribution in [2.75, 3.05) is 18.0 Å². The van der Waals surface area contributed by atoms with Gasteiger partial charge in [0, 0.05) is 23.8 Å². The highest BCUT2D eigenvalue weighted by Crippen LogP contribution is 2.31. The van der Waals surface area contributed by atoms with Crippen LogP contribution in [0.1, 0.15) is 25.8 Å². The Morgan fingerprint density at radius 1 is 1.48 bits per heavy atom. The van der Waals surface area contributed by atoms with Crippen LogP contribution in [0.3, 0.4) is 0 Å². The van der Waals surface area contributed by atoms with Crippen molar-refractivity contribution < 1.29 is 9.59 Å². The Hall–Kier alpha value is -1.55. The number of carbonyl (C=O) groups excluding carboxylic acids is 2. The first-order valence-corrected chi connectivity index (χ1v) is 7.63. The van der Waals surface area contributed by atoms with Crippen LogP contribution in [-0.4, -0.2) is 24.9 Å². The fourth-order valence-electron chi connectivity index (χ4n) is 2.48. The number of anilines is 1. The molecule has 1 unspecified atom stereocenters. The molecule has 1 heterocycles. The van der Waals surface area contributed by atoms with Gasteiger partial charge in [-0.2, -0.15) is 0 Å². The van der Waals surface area contributed by atoms with Gasteiger partial charge in [0.1, 0.15) is 5.92 Å². The number of amides is 2. The third-order valence-electron chi connectivity index (χ3n) is 3.74. The Labute approximate surface area is 130 Å². The molecule has 114 valence electrons. The lowest BCUT2D eigenvalue weighted by atomic mass is 10.1. The van der Waals surface area contributed by atoms with Gasteiger partial charge in [-0.05, 0) is 37.0 Å². The van der Waals surface area contributed by atoms with E-state index < -0.39 is 5.92 Å². The molecule has 4 nitrogen and oxygen atoms in total. The van der Waals surface area contributed by atoms with Crippen molar-refractivity contribution in [2.24, 2.45) is 11.8 Å². The number of rotatable bonds is 4. The second-order valence-corrected chi connectivity index (χ2v) is 6.26. The molecule has 0 saturated carbocycles. The monoisotopic (exact) mass is 308 g/mol. The van der Waals surface area contributed by atoms with E-state index in [2.05, 4.69) is 5.32 Å². The van der Waals surface area contributed by atoms with Gasteiger partial charge in [0.25, 0.3) is 0 Å². The summed E-state index contributed by atoms with van der Waals surface area (Å²) in [6, 6.07) is 5.49. The Bertz CT molecular complexity index is 557. The minimum atomic E-state index is -0.581. The summed E-state index contributed by atoms with van der Waals surface area (Å²) in [5.41, 5.74) is 1.67. The molecular weight excluding hydrogens is 288 g/mol. The zero-order chi connectivity index (χ0) is 15.6. The van der Waals surface area contributed by atoms with Crippen LogP contribution in [0.15, 0.2) is 18.2 Å². The molecule has 0 spiro atoms. The molecule has 1 saturated heterocycles. The molecule has 1 aromatic carbocycles. The zero-order valence-electron chi connectivity index (χ0n) is 12.6. The predicted octanol–water partition coefficient (Wildman–Crippen LogP) is 2.77. The summed E-state index contributed by atoms with van der Waals surface area (Å²) < 4.78 is 0. The molecule has 0 bridgehead atoms. The molecule has 0 radical (unpaired) electrons. The molecule has 1 fully saturated rings. The summed E-state index contributed by atoms with van der Waals surface area (Å²) in [4.78, 5) is 26.2. The molecule has 1 atom stereocenters. The van der Waals surface area contributed by atoms with Gasteiger partial charge in [0.15, 0.2) is 0 Å². The molecule has 0 aromatic heterocycles. The number of hydrogen-bond acceptors (Lipinski definition) is 2.